The summed E-state index contributed by atoms with van der Waals surface area (Å²) in [4.78, 5) is 24.1. The number of Topliss-reactive ketones (excluding diaryl/α,β-unsaturated/α-hetero) is 1. The Bertz CT molecular complexity index is 447. The van der Waals surface area contributed by atoms with Crippen LogP contribution in [0.25, 0.3) is 0 Å². The van der Waals surface area contributed by atoms with Gasteiger partial charge in [0.15, 0.2) is 0 Å². The van der Waals surface area contributed by atoms with Crippen molar-refractivity contribution in [2.75, 3.05) is 13.1 Å². The van der Waals surface area contributed by atoms with Crippen LogP contribution in [0.1, 0.15) is 24.3 Å². The number of rotatable bonds is 3. The zero-order chi connectivity index (χ0) is 13.1. The third kappa shape index (κ3) is 2.88. The Labute approximate surface area is 105 Å². The molecule has 6 heteroatoms. The molecule has 0 spiro atoms. The van der Waals surface area contributed by atoms with Gasteiger partial charge < -0.3 is 14.5 Å². The molecule has 1 fully saturated rings. The van der Waals surface area contributed by atoms with Gasteiger partial charge in [-0.2, -0.15) is 0 Å². The Morgan fingerprint density at radius 3 is 2.67 bits per heavy atom. The highest BCUT2D eigenvalue weighted by molar-refractivity contribution is 5.83. The normalized spacial score (nSPS) is 16.8. The van der Waals surface area contributed by atoms with Crippen LogP contribution in [0, 0.1) is 12.8 Å². The van der Waals surface area contributed by atoms with Gasteiger partial charge in [0.1, 0.15) is 11.5 Å². The molecule has 1 aliphatic heterocycles. The van der Waals surface area contributed by atoms with Gasteiger partial charge in [-0.1, -0.05) is 5.16 Å². The first-order valence-corrected chi connectivity index (χ1v) is 5.99. The smallest absolute Gasteiger partial charge is 0.407 e. The average molecular weight is 252 g/mol. The summed E-state index contributed by atoms with van der Waals surface area (Å²) in [7, 11) is 0. The quantitative estimate of drug-likeness (QED) is 0.881. The number of amides is 1. The molecule has 1 aromatic heterocycles. The van der Waals surface area contributed by atoms with Crippen molar-refractivity contribution >= 4 is 11.9 Å². The molecule has 1 saturated heterocycles. The van der Waals surface area contributed by atoms with Gasteiger partial charge in [-0.05, 0) is 19.8 Å². The zero-order valence-electron chi connectivity index (χ0n) is 10.3. The molecular weight excluding hydrogens is 236 g/mol. The fraction of sp³-hybridized carbons (Fsp3) is 0.583. The van der Waals surface area contributed by atoms with Crippen molar-refractivity contribution < 1.29 is 19.2 Å². The molecule has 0 bridgehead atoms. The molecule has 0 saturated carbocycles. The first-order valence-electron chi connectivity index (χ1n) is 5.99. The van der Waals surface area contributed by atoms with E-state index in [0.717, 1.165) is 5.69 Å². The number of carbonyl (C=O) groups excluding carboxylic acids is 1. The fourth-order valence-electron chi connectivity index (χ4n) is 2.21. The summed E-state index contributed by atoms with van der Waals surface area (Å²) < 4.78 is 5.01. The topological polar surface area (TPSA) is 83.6 Å². The van der Waals surface area contributed by atoms with Gasteiger partial charge in [0, 0.05) is 25.1 Å². The molecule has 0 radical (unpaired) electrons. The number of carboxylic acid groups (broad SMARTS) is 1. The molecule has 2 rings (SSSR count). The first kappa shape index (κ1) is 12.6. The molecule has 18 heavy (non-hydrogen) atoms. The van der Waals surface area contributed by atoms with Crippen LogP contribution in [0.4, 0.5) is 4.79 Å². The third-order valence-corrected chi connectivity index (χ3v) is 3.25. The lowest BCUT2D eigenvalue weighted by Gasteiger charge is -2.28. The second-order valence-electron chi connectivity index (χ2n) is 4.62. The molecule has 0 aromatic carbocycles. The van der Waals surface area contributed by atoms with Crippen LogP contribution in [-0.4, -0.2) is 40.1 Å². The van der Waals surface area contributed by atoms with E-state index in [-0.39, 0.29) is 18.1 Å². The van der Waals surface area contributed by atoms with E-state index in [1.807, 2.05) is 6.92 Å². The van der Waals surface area contributed by atoms with Crippen molar-refractivity contribution in [1.29, 1.82) is 0 Å². The third-order valence-electron chi connectivity index (χ3n) is 3.25. The van der Waals surface area contributed by atoms with E-state index in [0.29, 0.717) is 31.7 Å². The second-order valence-corrected chi connectivity index (χ2v) is 4.62. The maximum absolute atomic E-state index is 12.0. The van der Waals surface area contributed by atoms with Gasteiger partial charge in [-0.15, -0.1) is 0 Å². The van der Waals surface area contributed by atoms with E-state index < -0.39 is 6.09 Å². The monoisotopic (exact) mass is 252 g/mol. The minimum absolute atomic E-state index is 0.0639. The van der Waals surface area contributed by atoms with Gasteiger partial charge in [0.2, 0.25) is 0 Å². The lowest BCUT2D eigenvalue weighted by atomic mass is 9.90. The van der Waals surface area contributed by atoms with Gasteiger partial charge in [0.25, 0.3) is 0 Å². The van der Waals surface area contributed by atoms with Crippen LogP contribution in [-0.2, 0) is 11.2 Å². The largest absolute Gasteiger partial charge is 0.465 e. The fourth-order valence-corrected chi connectivity index (χ4v) is 2.21. The maximum atomic E-state index is 12.0. The molecule has 0 aliphatic carbocycles. The highest BCUT2D eigenvalue weighted by Crippen LogP contribution is 2.20. The van der Waals surface area contributed by atoms with Crippen LogP contribution in [0.2, 0.25) is 0 Å². The summed E-state index contributed by atoms with van der Waals surface area (Å²) in [5, 5.41) is 12.6. The van der Waals surface area contributed by atoms with Gasteiger partial charge in [0.05, 0.1) is 12.1 Å². The van der Waals surface area contributed by atoms with E-state index >= 15 is 0 Å². The predicted molar refractivity (Wildman–Crippen MR) is 62.3 cm³/mol. The number of ketones is 1. The zero-order valence-corrected chi connectivity index (χ0v) is 10.3. The standard InChI is InChI=1S/C12H16N2O4/c1-8-6-10(18-13-8)7-11(15)9-2-4-14(5-3-9)12(16)17/h6,9H,2-5,7H2,1H3,(H,16,17). The average Bonchev–Trinajstić information content (AvgIpc) is 2.75. The van der Waals surface area contributed by atoms with Crippen molar-refractivity contribution in [2.45, 2.75) is 26.2 Å². The van der Waals surface area contributed by atoms with E-state index in [4.69, 9.17) is 9.63 Å². The van der Waals surface area contributed by atoms with Crippen LogP contribution >= 0.6 is 0 Å². The van der Waals surface area contributed by atoms with Crippen LogP contribution < -0.4 is 0 Å². The Morgan fingerprint density at radius 2 is 2.17 bits per heavy atom. The van der Waals surface area contributed by atoms with Gasteiger partial charge in [-0.25, -0.2) is 4.79 Å². The van der Waals surface area contributed by atoms with Crippen LogP contribution in [0.3, 0.4) is 0 Å². The second kappa shape index (κ2) is 5.20. The Balaban J connectivity index is 1.86. The summed E-state index contributed by atoms with van der Waals surface area (Å²) in [6.45, 7) is 2.67. The lowest BCUT2D eigenvalue weighted by Crippen LogP contribution is -2.39. The molecule has 6 nitrogen and oxygen atoms in total. The van der Waals surface area contributed by atoms with Crippen molar-refractivity contribution in [3.8, 4) is 0 Å². The van der Waals surface area contributed by atoms with Crippen LogP contribution in [0.5, 0.6) is 0 Å². The number of aromatic nitrogens is 1. The van der Waals surface area contributed by atoms with E-state index in [1.54, 1.807) is 6.07 Å². The summed E-state index contributed by atoms with van der Waals surface area (Å²) in [6, 6.07) is 1.75. The van der Waals surface area contributed by atoms with Crippen molar-refractivity contribution in [1.82, 2.24) is 10.1 Å². The van der Waals surface area contributed by atoms with E-state index in [9.17, 15) is 9.59 Å². The highest BCUT2D eigenvalue weighted by atomic mass is 16.5. The van der Waals surface area contributed by atoms with Gasteiger partial charge in [-0.3, -0.25) is 4.79 Å². The molecule has 2 heterocycles. The highest BCUT2D eigenvalue weighted by Gasteiger charge is 2.27. The maximum Gasteiger partial charge on any atom is 0.407 e. The van der Waals surface area contributed by atoms with Crippen molar-refractivity contribution in [3.05, 3.63) is 17.5 Å². The molecule has 0 unspecified atom stereocenters. The summed E-state index contributed by atoms with van der Waals surface area (Å²) in [5.74, 6) is 0.625. The van der Waals surface area contributed by atoms with Crippen LogP contribution in [0.15, 0.2) is 10.6 Å². The summed E-state index contributed by atoms with van der Waals surface area (Å²) >= 11 is 0. The lowest BCUT2D eigenvalue weighted by molar-refractivity contribution is -0.123. The Kier molecular flexibility index (Phi) is 3.64. The molecule has 1 amide bonds. The summed E-state index contributed by atoms with van der Waals surface area (Å²) in [5.41, 5.74) is 0.762. The SMILES string of the molecule is Cc1cc(CC(=O)C2CCN(C(=O)O)CC2)on1. The molecule has 1 aromatic rings. The first-order chi connectivity index (χ1) is 8.56. The minimum Gasteiger partial charge on any atom is -0.465 e. The number of hydrogen-bond acceptors (Lipinski definition) is 4. The molecule has 98 valence electrons. The van der Waals surface area contributed by atoms with E-state index in [1.165, 1.54) is 4.90 Å². The molecule has 1 N–H and O–H groups in total. The number of piperidine rings is 1. The van der Waals surface area contributed by atoms with Crippen molar-refractivity contribution in [2.24, 2.45) is 5.92 Å². The molecule has 0 atom stereocenters. The number of nitrogens with zero attached hydrogens (tertiary/aromatic N) is 2. The predicted octanol–water partition coefficient (Wildman–Crippen LogP) is 1.48. The Hall–Kier alpha value is -1.85. The van der Waals surface area contributed by atoms with Crippen molar-refractivity contribution in [3.63, 3.8) is 0 Å². The number of likely N-dealkylation sites (tertiary alicyclic amines) is 1. The summed E-state index contributed by atoms with van der Waals surface area (Å²) in [6.07, 6.45) is 0.529. The minimum atomic E-state index is -0.910. The molecular formula is C12H16N2O4. The van der Waals surface area contributed by atoms with Gasteiger partial charge >= 0.3 is 6.09 Å². The number of hydrogen-bond donors (Lipinski definition) is 1. The number of carbonyl (C=O) groups is 2. The Morgan fingerprint density at radius 1 is 1.50 bits per heavy atom. The van der Waals surface area contributed by atoms with E-state index in [2.05, 4.69) is 5.16 Å². The number of aryl methyl sites for hydroxylation is 1. The molecule has 1 aliphatic rings.